The molecule has 0 fully saturated rings. The van der Waals surface area contributed by atoms with Crippen LogP contribution in [0.25, 0.3) is 0 Å². The van der Waals surface area contributed by atoms with Crippen LogP contribution >= 0.6 is 22.6 Å². The summed E-state index contributed by atoms with van der Waals surface area (Å²) in [5, 5.41) is 2.94. The average molecular weight is 380 g/mol. The van der Waals surface area contributed by atoms with Gasteiger partial charge in [0, 0.05) is 14.9 Å². The molecule has 0 radical (unpaired) electrons. The molecule has 0 saturated heterocycles. The second-order valence-corrected chi connectivity index (χ2v) is 5.99. The highest BCUT2D eigenvalue weighted by Gasteiger charge is 2.13. The number of nitrogens with two attached hydrogens (primary N) is 1. The number of amides is 1. The summed E-state index contributed by atoms with van der Waals surface area (Å²) in [6.45, 7) is 5.91. The van der Waals surface area contributed by atoms with Gasteiger partial charge in [0.05, 0.1) is 5.56 Å². The van der Waals surface area contributed by atoms with Crippen molar-refractivity contribution in [3.05, 3.63) is 56.2 Å². The first kappa shape index (κ1) is 14.8. The summed E-state index contributed by atoms with van der Waals surface area (Å²) >= 11 is 2.20. The number of hydrogen-bond donors (Lipinski definition) is 2. The molecule has 1 amide bonds. The molecule has 0 heterocycles. The highest BCUT2D eigenvalue weighted by atomic mass is 127. The second kappa shape index (κ2) is 5.83. The van der Waals surface area contributed by atoms with Crippen molar-refractivity contribution in [1.82, 2.24) is 0 Å². The molecule has 0 spiro atoms. The van der Waals surface area contributed by atoms with Crippen molar-refractivity contribution in [2.45, 2.75) is 20.8 Å². The summed E-state index contributed by atoms with van der Waals surface area (Å²) in [6.07, 6.45) is 0. The first-order valence-corrected chi connectivity index (χ1v) is 7.41. The summed E-state index contributed by atoms with van der Waals surface area (Å²) < 4.78 is 0.973. The van der Waals surface area contributed by atoms with Gasteiger partial charge in [-0.1, -0.05) is 18.2 Å². The highest BCUT2D eigenvalue weighted by Crippen LogP contribution is 2.24. The first-order chi connectivity index (χ1) is 9.40. The number of rotatable bonds is 2. The molecule has 2 aromatic carbocycles. The number of halogens is 1. The van der Waals surface area contributed by atoms with Gasteiger partial charge in [-0.2, -0.15) is 0 Å². The number of nitrogen functional groups attached to an aromatic ring is 1. The van der Waals surface area contributed by atoms with E-state index >= 15 is 0 Å². The van der Waals surface area contributed by atoms with E-state index in [2.05, 4.69) is 27.9 Å². The maximum atomic E-state index is 12.4. The molecule has 20 heavy (non-hydrogen) atoms. The lowest BCUT2D eigenvalue weighted by Crippen LogP contribution is -2.15. The van der Waals surface area contributed by atoms with Crippen LogP contribution < -0.4 is 11.1 Å². The van der Waals surface area contributed by atoms with Crippen molar-refractivity contribution < 1.29 is 4.79 Å². The first-order valence-electron chi connectivity index (χ1n) is 6.33. The van der Waals surface area contributed by atoms with Crippen molar-refractivity contribution in [3.63, 3.8) is 0 Å². The predicted molar refractivity (Wildman–Crippen MR) is 92.2 cm³/mol. The van der Waals surface area contributed by atoms with Crippen LogP contribution in [-0.2, 0) is 0 Å². The zero-order valence-electron chi connectivity index (χ0n) is 11.8. The van der Waals surface area contributed by atoms with Gasteiger partial charge in [0.1, 0.15) is 0 Å². The van der Waals surface area contributed by atoms with Crippen LogP contribution in [0.2, 0.25) is 0 Å². The van der Waals surface area contributed by atoms with Crippen molar-refractivity contribution in [1.29, 1.82) is 0 Å². The Balaban J connectivity index is 2.33. The van der Waals surface area contributed by atoms with Gasteiger partial charge in [0.25, 0.3) is 5.91 Å². The summed E-state index contributed by atoms with van der Waals surface area (Å²) in [6, 6.07) is 9.50. The van der Waals surface area contributed by atoms with Crippen LogP contribution in [0, 0.1) is 24.3 Å². The standard InChI is InChI=1S/C16H17IN2O/c1-9-5-4-6-12(15(9)17)16(20)19-14-8-13(18)10(2)7-11(14)3/h4-8H,18H2,1-3H3,(H,19,20). The third kappa shape index (κ3) is 2.95. The molecule has 3 N–H and O–H groups in total. The number of hydrogen-bond acceptors (Lipinski definition) is 2. The number of anilines is 2. The molecule has 0 aliphatic rings. The van der Waals surface area contributed by atoms with E-state index in [0.717, 1.165) is 25.9 Å². The Kier molecular flexibility index (Phi) is 4.32. The van der Waals surface area contributed by atoms with Gasteiger partial charge in [-0.25, -0.2) is 0 Å². The van der Waals surface area contributed by atoms with Gasteiger partial charge >= 0.3 is 0 Å². The topological polar surface area (TPSA) is 55.1 Å². The molecular weight excluding hydrogens is 363 g/mol. The van der Waals surface area contributed by atoms with Crippen LogP contribution in [0.3, 0.4) is 0 Å². The van der Waals surface area contributed by atoms with Crippen LogP contribution in [0.5, 0.6) is 0 Å². The molecule has 2 aromatic rings. The van der Waals surface area contributed by atoms with Gasteiger partial charge < -0.3 is 11.1 Å². The molecule has 0 bridgehead atoms. The molecule has 0 aliphatic heterocycles. The van der Waals surface area contributed by atoms with Crippen molar-refractivity contribution in [3.8, 4) is 0 Å². The van der Waals surface area contributed by atoms with Gasteiger partial charge in [-0.3, -0.25) is 4.79 Å². The van der Waals surface area contributed by atoms with E-state index in [1.165, 1.54) is 0 Å². The summed E-state index contributed by atoms with van der Waals surface area (Å²) in [7, 11) is 0. The zero-order chi connectivity index (χ0) is 14.9. The second-order valence-electron chi connectivity index (χ2n) is 4.91. The van der Waals surface area contributed by atoms with E-state index in [4.69, 9.17) is 5.73 Å². The molecule has 0 aromatic heterocycles. The number of carbonyl (C=O) groups excluding carboxylic acids is 1. The minimum Gasteiger partial charge on any atom is -0.398 e. The van der Waals surface area contributed by atoms with E-state index in [0.29, 0.717) is 11.3 Å². The lowest BCUT2D eigenvalue weighted by Gasteiger charge is -2.12. The van der Waals surface area contributed by atoms with Crippen LogP contribution in [0.1, 0.15) is 27.0 Å². The van der Waals surface area contributed by atoms with E-state index in [1.807, 2.05) is 51.1 Å². The molecule has 0 unspecified atom stereocenters. The monoisotopic (exact) mass is 380 g/mol. The summed E-state index contributed by atoms with van der Waals surface area (Å²) in [4.78, 5) is 12.4. The average Bonchev–Trinajstić information content (AvgIpc) is 2.39. The fourth-order valence-electron chi connectivity index (χ4n) is 2.02. The Labute approximate surface area is 132 Å². The number of carbonyl (C=O) groups is 1. The summed E-state index contributed by atoms with van der Waals surface area (Å²) in [5.74, 6) is -0.107. The lowest BCUT2D eigenvalue weighted by atomic mass is 10.1. The fraction of sp³-hybridized carbons (Fsp3) is 0.188. The Morgan fingerprint density at radius 3 is 2.50 bits per heavy atom. The minimum atomic E-state index is -0.107. The molecule has 104 valence electrons. The maximum absolute atomic E-state index is 12.4. The molecule has 3 nitrogen and oxygen atoms in total. The Bertz CT molecular complexity index is 680. The normalized spacial score (nSPS) is 10.4. The molecule has 0 aliphatic carbocycles. The van der Waals surface area contributed by atoms with Gasteiger partial charge in [0.2, 0.25) is 0 Å². The fourth-order valence-corrected chi connectivity index (χ4v) is 2.62. The third-order valence-corrected chi connectivity index (χ3v) is 4.73. The maximum Gasteiger partial charge on any atom is 0.256 e. The molecular formula is C16H17IN2O. The van der Waals surface area contributed by atoms with Crippen molar-refractivity contribution in [2.24, 2.45) is 0 Å². The predicted octanol–water partition coefficient (Wildman–Crippen LogP) is 4.05. The van der Waals surface area contributed by atoms with E-state index in [1.54, 1.807) is 0 Å². The highest BCUT2D eigenvalue weighted by molar-refractivity contribution is 14.1. The molecule has 0 atom stereocenters. The Morgan fingerprint density at radius 1 is 1.10 bits per heavy atom. The SMILES string of the molecule is Cc1cc(C)c(NC(=O)c2cccc(C)c2I)cc1N. The quantitative estimate of drug-likeness (QED) is 0.610. The van der Waals surface area contributed by atoms with E-state index < -0.39 is 0 Å². The Hall–Kier alpha value is -1.56. The van der Waals surface area contributed by atoms with E-state index in [-0.39, 0.29) is 5.91 Å². The van der Waals surface area contributed by atoms with Gasteiger partial charge in [-0.05, 0) is 72.2 Å². The zero-order valence-corrected chi connectivity index (χ0v) is 13.9. The van der Waals surface area contributed by atoms with Crippen LogP contribution in [0.15, 0.2) is 30.3 Å². The lowest BCUT2D eigenvalue weighted by molar-refractivity contribution is 0.102. The van der Waals surface area contributed by atoms with Gasteiger partial charge in [-0.15, -0.1) is 0 Å². The largest absolute Gasteiger partial charge is 0.398 e. The Morgan fingerprint density at radius 2 is 1.80 bits per heavy atom. The molecule has 4 heteroatoms. The molecule has 0 saturated carbocycles. The number of aryl methyl sites for hydroxylation is 3. The smallest absolute Gasteiger partial charge is 0.256 e. The minimum absolute atomic E-state index is 0.107. The van der Waals surface area contributed by atoms with Crippen LogP contribution in [-0.4, -0.2) is 5.91 Å². The molecule has 2 rings (SSSR count). The van der Waals surface area contributed by atoms with E-state index in [9.17, 15) is 4.79 Å². The van der Waals surface area contributed by atoms with Crippen molar-refractivity contribution in [2.75, 3.05) is 11.1 Å². The number of benzene rings is 2. The van der Waals surface area contributed by atoms with Gasteiger partial charge in [0.15, 0.2) is 0 Å². The summed E-state index contributed by atoms with van der Waals surface area (Å²) in [5.41, 5.74) is 11.2. The van der Waals surface area contributed by atoms with Crippen molar-refractivity contribution >= 4 is 39.9 Å². The van der Waals surface area contributed by atoms with Crippen LogP contribution in [0.4, 0.5) is 11.4 Å². The third-order valence-electron chi connectivity index (χ3n) is 3.30. The number of nitrogens with one attached hydrogen (secondary N) is 1.